The largest absolute Gasteiger partial charge is 0.444 e. The minimum Gasteiger partial charge on any atom is -0.444 e. The number of amides is 1. The van der Waals surface area contributed by atoms with Crippen molar-refractivity contribution in [3.05, 3.63) is 35.4 Å². The molecule has 0 aliphatic heterocycles. The first-order valence-corrected chi connectivity index (χ1v) is 8.68. The molecule has 1 amide bonds. The van der Waals surface area contributed by atoms with Crippen LogP contribution in [0.3, 0.4) is 0 Å². The molecule has 1 aliphatic carbocycles. The second kappa shape index (κ2) is 7.82. The predicted molar refractivity (Wildman–Crippen MR) is 93.5 cm³/mol. The molecule has 0 bridgehead atoms. The SMILES string of the molecule is CCc1ccc(CNC2CCCC2NC(=O)OC(C)(C)C)cc1. The van der Waals surface area contributed by atoms with Crippen molar-refractivity contribution in [2.24, 2.45) is 0 Å². The Labute approximate surface area is 140 Å². The fraction of sp³-hybridized carbons (Fsp3) is 0.632. The third kappa shape index (κ3) is 5.87. The Morgan fingerprint density at radius 3 is 2.35 bits per heavy atom. The highest BCUT2D eigenvalue weighted by molar-refractivity contribution is 5.68. The number of aryl methyl sites for hydroxylation is 1. The van der Waals surface area contributed by atoms with Crippen LogP contribution in [0.2, 0.25) is 0 Å². The van der Waals surface area contributed by atoms with E-state index in [0.29, 0.717) is 6.04 Å². The number of carbonyl (C=O) groups is 1. The van der Waals surface area contributed by atoms with E-state index >= 15 is 0 Å². The fourth-order valence-corrected chi connectivity index (χ4v) is 2.98. The van der Waals surface area contributed by atoms with Crippen molar-refractivity contribution in [3.8, 4) is 0 Å². The van der Waals surface area contributed by atoms with Gasteiger partial charge in [-0.3, -0.25) is 0 Å². The van der Waals surface area contributed by atoms with E-state index in [1.54, 1.807) is 0 Å². The zero-order valence-corrected chi connectivity index (χ0v) is 14.8. The lowest BCUT2D eigenvalue weighted by Gasteiger charge is -2.25. The van der Waals surface area contributed by atoms with E-state index in [9.17, 15) is 4.79 Å². The standard InChI is InChI=1S/C19H30N2O2/c1-5-14-9-11-15(12-10-14)13-20-16-7-6-8-17(16)21-18(22)23-19(2,3)4/h9-12,16-17,20H,5-8,13H2,1-4H3,(H,21,22). The second-order valence-electron chi connectivity index (χ2n) is 7.34. The monoisotopic (exact) mass is 318 g/mol. The molecule has 4 nitrogen and oxygen atoms in total. The summed E-state index contributed by atoms with van der Waals surface area (Å²) in [6.45, 7) is 8.66. The molecule has 0 radical (unpaired) electrons. The first kappa shape index (κ1) is 17.8. The smallest absolute Gasteiger partial charge is 0.407 e. The maximum absolute atomic E-state index is 11.9. The van der Waals surface area contributed by atoms with Gasteiger partial charge in [0.25, 0.3) is 0 Å². The summed E-state index contributed by atoms with van der Waals surface area (Å²) in [4.78, 5) is 11.9. The maximum Gasteiger partial charge on any atom is 0.407 e. The van der Waals surface area contributed by atoms with Gasteiger partial charge >= 0.3 is 6.09 Å². The number of hydrogen-bond donors (Lipinski definition) is 2. The Kier molecular flexibility index (Phi) is 6.05. The van der Waals surface area contributed by atoms with Gasteiger partial charge in [0.15, 0.2) is 0 Å². The van der Waals surface area contributed by atoms with Gasteiger partial charge in [0, 0.05) is 18.6 Å². The third-order valence-electron chi connectivity index (χ3n) is 4.22. The van der Waals surface area contributed by atoms with Crippen LogP contribution in [0.25, 0.3) is 0 Å². The molecule has 1 aromatic carbocycles. The van der Waals surface area contributed by atoms with Crippen LogP contribution in [0.15, 0.2) is 24.3 Å². The number of rotatable bonds is 5. The van der Waals surface area contributed by atoms with Crippen LogP contribution in [0.5, 0.6) is 0 Å². The van der Waals surface area contributed by atoms with Gasteiger partial charge in [0.1, 0.15) is 5.60 Å². The molecular weight excluding hydrogens is 288 g/mol. The van der Waals surface area contributed by atoms with Crippen LogP contribution in [0.1, 0.15) is 58.1 Å². The zero-order chi connectivity index (χ0) is 16.9. The molecule has 2 atom stereocenters. The van der Waals surface area contributed by atoms with E-state index in [1.165, 1.54) is 11.1 Å². The van der Waals surface area contributed by atoms with Crippen LogP contribution in [-0.4, -0.2) is 23.8 Å². The minimum atomic E-state index is -0.452. The zero-order valence-electron chi connectivity index (χ0n) is 14.8. The summed E-state index contributed by atoms with van der Waals surface area (Å²) in [6, 6.07) is 9.19. The molecule has 0 heterocycles. The Morgan fingerprint density at radius 1 is 1.13 bits per heavy atom. The highest BCUT2D eigenvalue weighted by atomic mass is 16.6. The molecule has 0 saturated heterocycles. The van der Waals surface area contributed by atoms with Gasteiger partial charge in [-0.25, -0.2) is 4.79 Å². The minimum absolute atomic E-state index is 0.153. The highest BCUT2D eigenvalue weighted by Gasteiger charge is 2.29. The van der Waals surface area contributed by atoms with Gasteiger partial charge in [0.2, 0.25) is 0 Å². The number of hydrogen-bond acceptors (Lipinski definition) is 3. The van der Waals surface area contributed by atoms with Crippen molar-refractivity contribution in [2.75, 3.05) is 0 Å². The van der Waals surface area contributed by atoms with E-state index < -0.39 is 5.60 Å². The summed E-state index contributed by atoms with van der Waals surface area (Å²) in [6.07, 6.45) is 3.98. The molecule has 23 heavy (non-hydrogen) atoms. The predicted octanol–water partition coefficient (Wildman–Crippen LogP) is 3.78. The maximum atomic E-state index is 11.9. The molecule has 128 valence electrons. The molecule has 1 saturated carbocycles. The molecule has 1 aliphatic rings. The molecule has 0 spiro atoms. The van der Waals surface area contributed by atoms with Crippen LogP contribution in [0, 0.1) is 0 Å². The van der Waals surface area contributed by atoms with Crippen molar-refractivity contribution in [1.29, 1.82) is 0 Å². The Hall–Kier alpha value is -1.55. The van der Waals surface area contributed by atoms with Gasteiger partial charge in [-0.1, -0.05) is 31.2 Å². The van der Waals surface area contributed by atoms with Gasteiger partial charge < -0.3 is 15.4 Å². The molecule has 4 heteroatoms. The van der Waals surface area contributed by atoms with E-state index in [-0.39, 0.29) is 12.1 Å². The third-order valence-corrected chi connectivity index (χ3v) is 4.22. The number of ether oxygens (including phenoxy) is 1. The molecule has 2 rings (SSSR count). The molecule has 2 unspecified atom stereocenters. The number of nitrogens with one attached hydrogen (secondary N) is 2. The summed E-state index contributed by atoms with van der Waals surface area (Å²) < 4.78 is 5.36. The van der Waals surface area contributed by atoms with Gasteiger partial charge in [-0.05, 0) is 57.6 Å². The first-order chi connectivity index (χ1) is 10.9. The normalized spacial score (nSPS) is 21.2. The molecule has 1 fully saturated rings. The summed E-state index contributed by atoms with van der Waals surface area (Å²) in [7, 11) is 0. The van der Waals surface area contributed by atoms with E-state index in [4.69, 9.17) is 4.74 Å². The number of alkyl carbamates (subject to hydrolysis) is 1. The van der Waals surface area contributed by atoms with Crippen molar-refractivity contribution < 1.29 is 9.53 Å². The number of carbonyl (C=O) groups excluding carboxylic acids is 1. The average molecular weight is 318 g/mol. The molecule has 2 N–H and O–H groups in total. The first-order valence-electron chi connectivity index (χ1n) is 8.68. The Bertz CT molecular complexity index is 505. The second-order valence-corrected chi connectivity index (χ2v) is 7.34. The Balaban J connectivity index is 1.82. The highest BCUT2D eigenvalue weighted by Crippen LogP contribution is 2.20. The van der Waals surface area contributed by atoms with Crippen LogP contribution in [-0.2, 0) is 17.7 Å². The van der Waals surface area contributed by atoms with Crippen LogP contribution in [0.4, 0.5) is 4.79 Å². The fourth-order valence-electron chi connectivity index (χ4n) is 2.98. The van der Waals surface area contributed by atoms with E-state index in [2.05, 4.69) is 41.8 Å². The lowest BCUT2D eigenvalue weighted by molar-refractivity contribution is 0.0498. The topological polar surface area (TPSA) is 50.4 Å². The summed E-state index contributed by atoms with van der Waals surface area (Å²) in [5.41, 5.74) is 2.19. The van der Waals surface area contributed by atoms with Crippen molar-refractivity contribution in [1.82, 2.24) is 10.6 Å². The summed E-state index contributed by atoms with van der Waals surface area (Å²) in [5.74, 6) is 0. The molecule has 0 aromatic heterocycles. The van der Waals surface area contributed by atoms with Crippen LogP contribution >= 0.6 is 0 Å². The van der Waals surface area contributed by atoms with Crippen LogP contribution < -0.4 is 10.6 Å². The van der Waals surface area contributed by atoms with Gasteiger partial charge in [-0.15, -0.1) is 0 Å². The van der Waals surface area contributed by atoms with Crippen molar-refractivity contribution >= 4 is 6.09 Å². The quantitative estimate of drug-likeness (QED) is 0.868. The van der Waals surface area contributed by atoms with E-state index in [1.807, 2.05) is 20.8 Å². The Morgan fingerprint density at radius 2 is 1.74 bits per heavy atom. The molecular formula is C19H30N2O2. The van der Waals surface area contributed by atoms with Gasteiger partial charge in [-0.2, -0.15) is 0 Å². The average Bonchev–Trinajstić information content (AvgIpc) is 2.90. The summed E-state index contributed by atoms with van der Waals surface area (Å²) >= 11 is 0. The van der Waals surface area contributed by atoms with E-state index in [0.717, 1.165) is 32.2 Å². The van der Waals surface area contributed by atoms with Crippen molar-refractivity contribution in [2.45, 2.75) is 77.6 Å². The molecule has 1 aromatic rings. The lowest BCUT2D eigenvalue weighted by atomic mass is 10.1. The summed E-state index contributed by atoms with van der Waals surface area (Å²) in [5, 5.41) is 6.60. The lowest BCUT2D eigenvalue weighted by Crippen LogP contribution is -2.47. The number of benzene rings is 1. The van der Waals surface area contributed by atoms with Crippen molar-refractivity contribution in [3.63, 3.8) is 0 Å². The van der Waals surface area contributed by atoms with Gasteiger partial charge in [0.05, 0.1) is 0 Å².